The molecule has 1 amide bonds. The van der Waals surface area contributed by atoms with E-state index in [1.54, 1.807) is 12.4 Å². The van der Waals surface area contributed by atoms with E-state index >= 15 is 0 Å². The van der Waals surface area contributed by atoms with E-state index < -0.39 is 0 Å². The molecule has 0 aliphatic carbocycles. The molecule has 2 aromatic rings. The summed E-state index contributed by atoms with van der Waals surface area (Å²) >= 11 is 0. The first kappa shape index (κ1) is 17.3. The van der Waals surface area contributed by atoms with E-state index in [9.17, 15) is 9.59 Å². The second kappa shape index (κ2) is 8.53. The SMILES string of the molecule is O=C(CCc1cccnc1)N1CCO[C@H](CCc2cc(=O)[nH]cn2)C1. The number of hydrogen-bond donors (Lipinski definition) is 1. The number of pyridine rings is 1. The number of nitrogens with one attached hydrogen (secondary N) is 1. The van der Waals surface area contributed by atoms with Crippen molar-refractivity contribution in [3.63, 3.8) is 0 Å². The Labute approximate surface area is 146 Å². The maximum absolute atomic E-state index is 12.4. The summed E-state index contributed by atoms with van der Waals surface area (Å²) < 4.78 is 5.76. The average Bonchev–Trinajstić information content (AvgIpc) is 2.65. The van der Waals surface area contributed by atoms with E-state index in [-0.39, 0.29) is 17.6 Å². The van der Waals surface area contributed by atoms with Gasteiger partial charge in [-0.3, -0.25) is 14.6 Å². The number of carbonyl (C=O) groups excluding carboxylic acids is 1. The van der Waals surface area contributed by atoms with Gasteiger partial charge in [-0.15, -0.1) is 0 Å². The molecule has 0 aromatic carbocycles. The van der Waals surface area contributed by atoms with Gasteiger partial charge in [-0.05, 0) is 30.9 Å². The van der Waals surface area contributed by atoms with Crippen molar-refractivity contribution in [2.75, 3.05) is 19.7 Å². The molecule has 1 fully saturated rings. The first-order valence-electron chi connectivity index (χ1n) is 8.52. The number of aryl methyl sites for hydroxylation is 2. The van der Waals surface area contributed by atoms with Gasteiger partial charge in [0, 0.05) is 43.7 Å². The number of rotatable bonds is 6. The number of H-pyrrole nitrogens is 1. The topological polar surface area (TPSA) is 88.2 Å². The molecule has 132 valence electrons. The lowest BCUT2D eigenvalue weighted by atomic mass is 10.1. The monoisotopic (exact) mass is 342 g/mol. The molecule has 3 rings (SSSR count). The van der Waals surface area contributed by atoms with Gasteiger partial charge < -0.3 is 14.6 Å². The zero-order valence-corrected chi connectivity index (χ0v) is 14.1. The van der Waals surface area contributed by atoms with Crippen molar-refractivity contribution >= 4 is 5.91 Å². The maximum atomic E-state index is 12.4. The van der Waals surface area contributed by atoms with Crippen molar-refractivity contribution in [2.24, 2.45) is 0 Å². The molecule has 7 nitrogen and oxygen atoms in total. The molecule has 1 aliphatic rings. The Kier molecular flexibility index (Phi) is 5.90. The van der Waals surface area contributed by atoms with Crippen molar-refractivity contribution in [3.05, 3.63) is 58.5 Å². The van der Waals surface area contributed by atoms with E-state index in [1.165, 1.54) is 12.4 Å². The van der Waals surface area contributed by atoms with Crippen molar-refractivity contribution in [2.45, 2.75) is 31.8 Å². The van der Waals surface area contributed by atoms with Gasteiger partial charge in [-0.25, -0.2) is 4.98 Å². The van der Waals surface area contributed by atoms with Crippen LogP contribution in [0.4, 0.5) is 0 Å². The summed E-state index contributed by atoms with van der Waals surface area (Å²) in [5, 5.41) is 0. The summed E-state index contributed by atoms with van der Waals surface area (Å²) in [6.07, 6.45) is 7.50. The molecular weight excluding hydrogens is 320 g/mol. The minimum Gasteiger partial charge on any atom is -0.375 e. The van der Waals surface area contributed by atoms with E-state index in [2.05, 4.69) is 15.0 Å². The van der Waals surface area contributed by atoms with Crippen LogP contribution in [0.3, 0.4) is 0 Å². The van der Waals surface area contributed by atoms with Gasteiger partial charge in [-0.1, -0.05) is 6.07 Å². The number of hydrogen-bond acceptors (Lipinski definition) is 5. The van der Waals surface area contributed by atoms with Crippen LogP contribution in [0.15, 0.2) is 41.7 Å². The van der Waals surface area contributed by atoms with E-state index in [4.69, 9.17) is 4.74 Å². The third-order valence-corrected chi connectivity index (χ3v) is 4.30. The summed E-state index contributed by atoms with van der Waals surface area (Å²) in [7, 11) is 0. The van der Waals surface area contributed by atoms with Crippen LogP contribution in [0, 0.1) is 0 Å². The third-order valence-electron chi connectivity index (χ3n) is 4.30. The Bertz CT molecular complexity index is 747. The van der Waals surface area contributed by atoms with E-state index in [0.717, 1.165) is 17.7 Å². The molecule has 1 N–H and O–H groups in total. The summed E-state index contributed by atoms with van der Waals surface area (Å²) in [6, 6.07) is 5.36. The van der Waals surface area contributed by atoms with Crippen LogP contribution < -0.4 is 5.56 Å². The predicted octanol–water partition coefficient (Wildman–Crippen LogP) is 0.958. The van der Waals surface area contributed by atoms with Gasteiger partial charge in [0.2, 0.25) is 5.91 Å². The minimum absolute atomic E-state index is 0.0165. The largest absolute Gasteiger partial charge is 0.375 e. The van der Waals surface area contributed by atoms with Crippen LogP contribution in [0.5, 0.6) is 0 Å². The van der Waals surface area contributed by atoms with Crippen LogP contribution in [0.2, 0.25) is 0 Å². The molecule has 0 radical (unpaired) electrons. The molecule has 2 aromatic heterocycles. The number of carbonyl (C=O) groups is 1. The normalized spacial score (nSPS) is 17.4. The van der Waals surface area contributed by atoms with Crippen molar-refractivity contribution < 1.29 is 9.53 Å². The highest BCUT2D eigenvalue weighted by Crippen LogP contribution is 2.13. The predicted molar refractivity (Wildman–Crippen MR) is 92.1 cm³/mol. The Hall–Kier alpha value is -2.54. The maximum Gasteiger partial charge on any atom is 0.250 e. The number of amides is 1. The molecular formula is C18H22N4O3. The smallest absolute Gasteiger partial charge is 0.250 e. The van der Waals surface area contributed by atoms with Crippen molar-refractivity contribution in [1.82, 2.24) is 19.9 Å². The van der Waals surface area contributed by atoms with Crippen LogP contribution >= 0.6 is 0 Å². The van der Waals surface area contributed by atoms with Gasteiger partial charge in [0.1, 0.15) is 0 Å². The highest BCUT2D eigenvalue weighted by molar-refractivity contribution is 5.76. The number of aromatic nitrogens is 3. The number of morpholine rings is 1. The van der Waals surface area contributed by atoms with Crippen molar-refractivity contribution in [3.8, 4) is 0 Å². The fourth-order valence-corrected chi connectivity index (χ4v) is 2.93. The zero-order chi connectivity index (χ0) is 17.5. The Morgan fingerprint density at radius 1 is 1.40 bits per heavy atom. The molecule has 3 heterocycles. The molecule has 1 saturated heterocycles. The zero-order valence-electron chi connectivity index (χ0n) is 14.1. The van der Waals surface area contributed by atoms with Crippen LogP contribution in [0.25, 0.3) is 0 Å². The Morgan fingerprint density at radius 3 is 3.12 bits per heavy atom. The van der Waals surface area contributed by atoms with Crippen molar-refractivity contribution in [1.29, 1.82) is 0 Å². The summed E-state index contributed by atoms with van der Waals surface area (Å²) in [5.74, 6) is 0.145. The average molecular weight is 342 g/mol. The lowest BCUT2D eigenvalue weighted by Crippen LogP contribution is -2.45. The number of ether oxygens (including phenoxy) is 1. The third kappa shape index (κ3) is 5.22. The molecule has 25 heavy (non-hydrogen) atoms. The molecule has 0 bridgehead atoms. The molecule has 1 aliphatic heterocycles. The highest BCUT2D eigenvalue weighted by Gasteiger charge is 2.23. The standard InChI is InChI=1S/C18H22N4O3/c23-17-10-15(20-13-21-17)4-5-16-12-22(8-9-25-16)18(24)6-3-14-2-1-7-19-11-14/h1-2,7,10-11,13,16H,3-6,8-9,12H2,(H,20,21,23)/t16-/m1/s1. The van der Waals surface area contributed by atoms with Gasteiger partial charge >= 0.3 is 0 Å². The quantitative estimate of drug-likeness (QED) is 0.845. The van der Waals surface area contributed by atoms with Gasteiger partial charge in [0.05, 0.1) is 19.0 Å². The van der Waals surface area contributed by atoms with Gasteiger partial charge in [-0.2, -0.15) is 0 Å². The lowest BCUT2D eigenvalue weighted by molar-refractivity contribution is -0.138. The second-order valence-electron chi connectivity index (χ2n) is 6.13. The Balaban J connectivity index is 1.47. The van der Waals surface area contributed by atoms with Crippen LogP contribution in [-0.2, 0) is 22.4 Å². The molecule has 1 atom stereocenters. The lowest BCUT2D eigenvalue weighted by Gasteiger charge is -2.33. The minimum atomic E-state index is -0.151. The fourth-order valence-electron chi connectivity index (χ4n) is 2.93. The first-order chi connectivity index (χ1) is 12.2. The van der Waals surface area contributed by atoms with Crippen LogP contribution in [0.1, 0.15) is 24.1 Å². The van der Waals surface area contributed by atoms with Gasteiger partial charge in [0.25, 0.3) is 5.56 Å². The van der Waals surface area contributed by atoms with E-state index in [1.807, 2.05) is 17.0 Å². The summed E-state index contributed by atoms with van der Waals surface area (Å²) in [5.41, 5.74) is 1.66. The number of aromatic amines is 1. The second-order valence-corrected chi connectivity index (χ2v) is 6.13. The van der Waals surface area contributed by atoms with E-state index in [0.29, 0.717) is 39.0 Å². The molecule has 0 spiro atoms. The summed E-state index contributed by atoms with van der Waals surface area (Å²) in [6.45, 7) is 1.77. The molecule has 7 heteroatoms. The molecule has 0 saturated carbocycles. The first-order valence-corrected chi connectivity index (χ1v) is 8.52. The van der Waals surface area contributed by atoms with Gasteiger partial charge in [0.15, 0.2) is 0 Å². The van der Waals surface area contributed by atoms with Crippen LogP contribution in [-0.4, -0.2) is 51.6 Å². The number of nitrogens with zero attached hydrogens (tertiary/aromatic N) is 3. The highest BCUT2D eigenvalue weighted by atomic mass is 16.5. The Morgan fingerprint density at radius 2 is 2.32 bits per heavy atom. The summed E-state index contributed by atoms with van der Waals surface area (Å²) in [4.78, 5) is 36.3. The fraction of sp³-hybridized carbons (Fsp3) is 0.444. The molecule has 0 unspecified atom stereocenters.